The van der Waals surface area contributed by atoms with Crippen molar-refractivity contribution in [1.82, 2.24) is 0 Å². The molecule has 5 atom stereocenters. The molecule has 4 rings (SSSR count). The molecule has 1 saturated carbocycles. The van der Waals surface area contributed by atoms with E-state index < -0.39 is 29.5 Å². The Kier molecular flexibility index (Phi) is 5.60. The van der Waals surface area contributed by atoms with Crippen LogP contribution < -0.4 is 4.90 Å². The highest BCUT2D eigenvalue weighted by molar-refractivity contribution is 6.06. The van der Waals surface area contributed by atoms with Gasteiger partial charge >= 0.3 is 0 Å². The average Bonchev–Trinajstić information content (AvgIpc) is 3.27. The van der Waals surface area contributed by atoms with Crippen LogP contribution in [-0.2, 0) is 14.3 Å². The fourth-order valence-corrected chi connectivity index (χ4v) is 6.12. The number of nitrogens with zero attached hydrogens (tertiary/aromatic N) is 2. The van der Waals surface area contributed by atoms with Crippen molar-refractivity contribution in [2.75, 3.05) is 18.6 Å². The zero-order chi connectivity index (χ0) is 23.3. The zero-order valence-corrected chi connectivity index (χ0v) is 19.0. The van der Waals surface area contributed by atoms with Crippen molar-refractivity contribution in [3.05, 3.63) is 42.0 Å². The summed E-state index contributed by atoms with van der Waals surface area (Å²) in [6.07, 6.45) is 1.07. The van der Waals surface area contributed by atoms with Gasteiger partial charge in [0.1, 0.15) is 6.29 Å². The predicted octanol–water partition coefficient (Wildman–Crippen LogP) is 3.69. The third kappa shape index (κ3) is 3.23. The first kappa shape index (κ1) is 22.4. The van der Waals surface area contributed by atoms with Gasteiger partial charge in [0.05, 0.1) is 29.5 Å². The first-order chi connectivity index (χ1) is 15.2. The Morgan fingerprint density at radius 3 is 2.62 bits per heavy atom. The van der Waals surface area contributed by atoms with Crippen molar-refractivity contribution in [3.63, 3.8) is 0 Å². The maximum Gasteiger partial charge on any atom is 0.230 e. The minimum atomic E-state index is -0.671. The van der Waals surface area contributed by atoms with Gasteiger partial charge in [-0.2, -0.15) is 5.26 Å². The summed E-state index contributed by atoms with van der Waals surface area (Å²) >= 11 is 0. The number of amides is 1. The standard InChI is InChI=1S/C26H30N2O4/c1-16(20(14-29)26-11-12-32-23(26)22(30)25(2,3)15-26)24(31)28(4)21-10-9-17(13-27)18-7-5-6-8-19(18)21/h5-10,14,16,20,22-23,30H,11-12,15H2,1-4H3. The number of carbonyl (C=O) groups excluding carboxylic acids is 2. The fraction of sp³-hybridized carbons (Fsp3) is 0.500. The van der Waals surface area contributed by atoms with Gasteiger partial charge < -0.3 is 19.5 Å². The highest BCUT2D eigenvalue weighted by Gasteiger charge is 2.64. The molecule has 1 amide bonds. The maximum absolute atomic E-state index is 13.6. The van der Waals surface area contributed by atoms with Crippen LogP contribution in [0.4, 0.5) is 5.69 Å². The Labute approximate surface area is 188 Å². The molecule has 168 valence electrons. The van der Waals surface area contributed by atoms with Crippen LogP contribution in [0, 0.1) is 34.0 Å². The predicted molar refractivity (Wildman–Crippen MR) is 122 cm³/mol. The molecule has 0 bridgehead atoms. The molecule has 5 unspecified atom stereocenters. The number of ether oxygens (including phenoxy) is 1. The second-order valence-electron chi connectivity index (χ2n) is 10.0. The SMILES string of the molecule is CC(C(=O)N(C)c1ccc(C#N)c2ccccc12)C(C=O)C12CCOC1C(O)C(C)(C)C2. The summed E-state index contributed by atoms with van der Waals surface area (Å²) in [5.41, 5.74) is 0.318. The summed E-state index contributed by atoms with van der Waals surface area (Å²) in [5.74, 6) is -1.32. The van der Waals surface area contributed by atoms with Crippen LogP contribution in [0.2, 0.25) is 0 Å². The van der Waals surface area contributed by atoms with E-state index in [4.69, 9.17) is 4.74 Å². The van der Waals surface area contributed by atoms with Crippen LogP contribution in [0.5, 0.6) is 0 Å². The van der Waals surface area contributed by atoms with Gasteiger partial charge in [0.2, 0.25) is 5.91 Å². The molecule has 2 fully saturated rings. The highest BCUT2D eigenvalue weighted by atomic mass is 16.5. The smallest absolute Gasteiger partial charge is 0.230 e. The van der Waals surface area contributed by atoms with Crippen molar-refractivity contribution < 1.29 is 19.4 Å². The molecule has 32 heavy (non-hydrogen) atoms. The number of anilines is 1. The summed E-state index contributed by atoms with van der Waals surface area (Å²) in [6, 6.07) is 13.2. The quantitative estimate of drug-likeness (QED) is 0.725. The molecule has 2 aliphatic rings. The monoisotopic (exact) mass is 434 g/mol. The second kappa shape index (κ2) is 7.99. The zero-order valence-electron chi connectivity index (χ0n) is 19.0. The number of fused-ring (bicyclic) bond motifs is 2. The van der Waals surface area contributed by atoms with Crippen LogP contribution in [0.15, 0.2) is 36.4 Å². The van der Waals surface area contributed by atoms with Crippen molar-refractivity contribution in [3.8, 4) is 6.07 Å². The Balaban J connectivity index is 1.69. The molecule has 1 heterocycles. The van der Waals surface area contributed by atoms with E-state index in [9.17, 15) is 20.0 Å². The van der Waals surface area contributed by atoms with Gasteiger partial charge in [-0.05, 0) is 30.4 Å². The van der Waals surface area contributed by atoms with Crippen LogP contribution in [0.3, 0.4) is 0 Å². The molecular weight excluding hydrogens is 404 g/mol. The fourth-order valence-electron chi connectivity index (χ4n) is 6.12. The summed E-state index contributed by atoms with van der Waals surface area (Å²) in [7, 11) is 1.71. The highest BCUT2D eigenvalue weighted by Crippen LogP contribution is 2.60. The molecule has 6 nitrogen and oxygen atoms in total. The number of benzene rings is 2. The van der Waals surface area contributed by atoms with Gasteiger partial charge in [-0.1, -0.05) is 45.0 Å². The van der Waals surface area contributed by atoms with E-state index in [-0.39, 0.29) is 11.3 Å². The molecule has 0 aromatic heterocycles. The van der Waals surface area contributed by atoms with E-state index in [0.29, 0.717) is 30.7 Å². The number of hydrogen-bond donors (Lipinski definition) is 1. The van der Waals surface area contributed by atoms with Crippen molar-refractivity contribution in [1.29, 1.82) is 5.26 Å². The second-order valence-corrected chi connectivity index (χ2v) is 10.0. The van der Waals surface area contributed by atoms with Gasteiger partial charge in [-0.25, -0.2) is 0 Å². The van der Waals surface area contributed by atoms with Crippen molar-refractivity contribution >= 4 is 28.7 Å². The third-order valence-electron chi connectivity index (χ3n) is 7.76. The van der Waals surface area contributed by atoms with E-state index in [1.807, 2.05) is 38.1 Å². The van der Waals surface area contributed by atoms with Gasteiger partial charge in [0.15, 0.2) is 0 Å². The van der Waals surface area contributed by atoms with Gasteiger partial charge in [0.25, 0.3) is 0 Å². The number of hydrogen-bond acceptors (Lipinski definition) is 5. The van der Waals surface area contributed by atoms with E-state index in [2.05, 4.69) is 6.07 Å². The lowest BCUT2D eigenvalue weighted by molar-refractivity contribution is -0.132. The van der Waals surface area contributed by atoms with Crippen LogP contribution in [-0.4, -0.2) is 43.2 Å². The summed E-state index contributed by atoms with van der Waals surface area (Å²) in [6.45, 7) is 6.26. The van der Waals surface area contributed by atoms with E-state index in [1.165, 1.54) is 0 Å². The molecule has 2 aromatic carbocycles. The average molecular weight is 435 g/mol. The van der Waals surface area contributed by atoms with E-state index in [1.54, 1.807) is 31.0 Å². The summed E-state index contributed by atoms with van der Waals surface area (Å²) in [5, 5.41) is 21.9. The summed E-state index contributed by atoms with van der Waals surface area (Å²) in [4.78, 5) is 27.6. The molecule has 0 spiro atoms. The third-order valence-corrected chi connectivity index (χ3v) is 7.76. The molecule has 1 N–H and O–H groups in total. The summed E-state index contributed by atoms with van der Waals surface area (Å²) < 4.78 is 5.90. The molecule has 6 heteroatoms. The number of rotatable bonds is 5. The molecule has 0 radical (unpaired) electrons. The Hall–Kier alpha value is -2.75. The van der Waals surface area contributed by atoms with E-state index in [0.717, 1.165) is 17.1 Å². The first-order valence-electron chi connectivity index (χ1n) is 11.1. The van der Waals surface area contributed by atoms with Crippen LogP contribution in [0.1, 0.15) is 39.2 Å². The topological polar surface area (TPSA) is 90.6 Å². The molecule has 2 aromatic rings. The van der Waals surface area contributed by atoms with Crippen molar-refractivity contribution in [2.24, 2.45) is 22.7 Å². The normalized spacial score (nSPS) is 28.0. The Morgan fingerprint density at radius 2 is 1.97 bits per heavy atom. The minimum absolute atomic E-state index is 0.170. The lowest BCUT2D eigenvalue weighted by Crippen LogP contribution is -2.46. The lowest BCUT2D eigenvalue weighted by Gasteiger charge is -2.38. The van der Waals surface area contributed by atoms with Crippen LogP contribution in [0.25, 0.3) is 10.8 Å². The molecule has 1 saturated heterocycles. The van der Waals surface area contributed by atoms with Crippen LogP contribution >= 0.6 is 0 Å². The molecule has 1 aliphatic heterocycles. The van der Waals surface area contributed by atoms with Gasteiger partial charge in [0, 0.05) is 41.7 Å². The van der Waals surface area contributed by atoms with E-state index >= 15 is 0 Å². The molecular formula is C26H30N2O4. The number of aldehydes is 1. The Bertz CT molecular complexity index is 1100. The number of nitriles is 1. The van der Waals surface area contributed by atoms with Gasteiger partial charge in [-0.3, -0.25) is 4.79 Å². The van der Waals surface area contributed by atoms with Gasteiger partial charge in [-0.15, -0.1) is 0 Å². The first-order valence-corrected chi connectivity index (χ1v) is 11.1. The lowest BCUT2D eigenvalue weighted by atomic mass is 9.65. The largest absolute Gasteiger partial charge is 0.390 e. The minimum Gasteiger partial charge on any atom is -0.390 e. The Morgan fingerprint density at radius 1 is 1.28 bits per heavy atom. The number of aliphatic hydroxyl groups is 1. The van der Waals surface area contributed by atoms with Crippen molar-refractivity contribution in [2.45, 2.75) is 45.8 Å². The maximum atomic E-state index is 13.6. The molecule has 1 aliphatic carbocycles. The number of aliphatic hydroxyl groups excluding tert-OH is 1. The number of carbonyl (C=O) groups is 2.